The minimum atomic E-state index is 0.976. The third-order valence-corrected chi connectivity index (χ3v) is 8.54. The summed E-state index contributed by atoms with van der Waals surface area (Å²) in [6, 6.07) is 35.9. The predicted molar refractivity (Wildman–Crippen MR) is 153 cm³/mol. The SMILES string of the molecule is CCn1c2ccccc2c2cc(-c3ccc(-c4ccc5c(c4)c4ccccc4n5CC)s3)ccc21. The third kappa shape index (κ3) is 3.01. The Hall–Kier alpha value is -3.82. The maximum atomic E-state index is 2.41. The second kappa shape index (κ2) is 7.86. The average Bonchev–Trinajstić information content (AvgIpc) is 3.60. The summed E-state index contributed by atoms with van der Waals surface area (Å²) in [5.74, 6) is 0. The van der Waals surface area contributed by atoms with Gasteiger partial charge in [0.1, 0.15) is 0 Å². The summed E-state index contributed by atoms with van der Waals surface area (Å²) in [6.07, 6.45) is 0. The molecule has 0 saturated carbocycles. The molecule has 2 nitrogen and oxygen atoms in total. The summed E-state index contributed by atoms with van der Waals surface area (Å²) in [7, 11) is 0. The molecule has 0 fully saturated rings. The third-order valence-electron chi connectivity index (χ3n) is 7.35. The molecule has 0 aliphatic rings. The highest BCUT2D eigenvalue weighted by Gasteiger charge is 2.14. The van der Waals surface area contributed by atoms with Crippen LogP contribution in [0.3, 0.4) is 0 Å². The number of thiophene rings is 1. The molecule has 0 atom stereocenters. The fourth-order valence-electron chi connectivity index (χ4n) is 5.74. The van der Waals surface area contributed by atoms with Crippen LogP contribution >= 0.6 is 11.3 Å². The number of hydrogen-bond acceptors (Lipinski definition) is 1. The van der Waals surface area contributed by atoms with E-state index in [0.717, 1.165) is 13.1 Å². The van der Waals surface area contributed by atoms with Crippen LogP contribution in [0.25, 0.3) is 64.5 Å². The first-order chi connectivity index (χ1) is 17.3. The number of aromatic nitrogens is 2. The number of hydrogen-bond donors (Lipinski definition) is 0. The number of rotatable bonds is 4. The molecule has 3 heteroatoms. The van der Waals surface area contributed by atoms with Gasteiger partial charge in [-0.1, -0.05) is 48.5 Å². The van der Waals surface area contributed by atoms with Gasteiger partial charge >= 0.3 is 0 Å². The van der Waals surface area contributed by atoms with Gasteiger partial charge in [0.25, 0.3) is 0 Å². The van der Waals surface area contributed by atoms with Crippen LogP contribution in [0.5, 0.6) is 0 Å². The van der Waals surface area contributed by atoms with Crippen LogP contribution in [0.15, 0.2) is 97.1 Å². The molecule has 3 heterocycles. The molecule has 7 rings (SSSR count). The lowest BCUT2D eigenvalue weighted by Gasteiger charge is -2.04. The number of fused-ring (bicyclic) bond motifs is 6. The standard InChI is InChI=1S/C32H26N2S/c1-3-33-27-11-7-5-9-23(27)25-19-21(13-15-29(25)33)31-17-18-32(35-31)22-14-16-30-26(20-22)24-10-6-8-12-28(24)34(30)4-2/h5-20H,3-4H2,1-2H3. The normalized spacial score (nSPS) is 11.9. The molecule has 7 aromatic rings. The molecule has 0 unspecified atom stereocenters. The van der Waals surface area contributed by atoms with Crippen LogP contribution < -0.4 is 0 Å². The van der Waals surface area contributed by atoms with Crippen molar-refractivity contribution in [2.75, 3.05) is 0 Å². The maximum absolute atomic E-state index is 2.41. The zero-order valence-electron chi connectivity index (χ0n) is 20.0. The zero-order chi connectivity index (χ0) is 23.5. The highest BCUT2D eigenvalue weighted by Crippen LogP contribution is 2.39. The van der Waals surface area contributed by atoms with Crippen LogP contribution in [0.4, 0.5) is 0 Å². The van der Waals surface area contributed by atoms with Crippen molar-refractivity contribution in [1.29, 1.82) is 0 Å². The smallest absolute Gasteiger partial charge is 0.0491 e. The molecule has 170 valence electrons. The molecule has 0 aliphatic carbocycles. The van der Waals surface area contributed by atoms with Gasteiger partial charge in [-0.15, -0.1) is 11.3 Å². The summed E-state index contributed by atoms with van der Waals surface area (Å²) in [5.41, 5.74) is 7.83. The lowest BCUT2D eigenvalue weighted by molar-refractivity contribution is 0.827. The van der Waals surface area contributed by atoms with E-state index in [-0.39, 0.29) is 0 Å². The molecule has 3 aromatic heterocycles. The molecule has 35 heavy (non-hydrogen) atoms. The Morgan fingerprint density at radius 3 is 1.37 bits per heavy atom. The Kier molecular flexibility index (Phi) is 4.61. The van der Waals surface area contributed by atoms with Crippen molar-refractivity contribution in [3.05, 3.63) is 97.1 Å². The van der Waals surface area contributed by atoms with Crippen LogP contribution in [0.1, 0.15) is 13.8 Å². The second-order valence-corrected chi connectivity index (χ2v) is 10.2. The molecule has 0 bridgehead atoms. The first-order valence-electron chi connectivity index (χ1n) is 12.4. The van der Waals surface area contributed by atoms with Crippen molar-refractivity contribution < 1.29 is 0 Å². The highest BCUT2D eigenvalue weighted by molar-refractivity contribution is 7.18. The van der Waals surface area contributed by atoms with E-state index in [2.05, 4.69) is 120 Å². The van der Waals surface area contributed by atoms with Gasteiger partial charge in [0.2, 0.25) is 0 Å². The molecular formula is C32H26N2S. The van der Waals surface area contributed by atoms with Crippen LogP contribution in [0, 0.1) is 0 Å². The van der Waals surface area contributed by atoms with Gasteiger partial charge in [0, 0.05) is 66.5 Å². The van der Waals surface area contributed by atoms with E-state index in [1.165, 1.54) is 64.5 Å². The van der Waals surface area contributed by atoms with E-state index in [1.54, 1.807) is 0 Å². The Morgan fingerprint density at radius 1 is 0.486 bits per heavy atom. The van der Waals surface area contributed by atoms with E-state index >= 15 is 0 Å². The largest absolute Gasteiger partial charge is 0.341 e. The number of aryl methyl sites for hydroxylation is 2. The van der Waals surface area contributed by atoms with Gasteiger partial charge in [-0.25, -0.2) is 0 Å². The average molecular weight is 471 g/mol. The maximum Gasteiger partial charge on any atom is 0.0491 e. The molecule has 0 N–H and O–H groups in total. The molecule has 0 saturated heterocycles. The van der Waals surface area contributed by atoms with E-state index < -0.39 is 0 Å². The van der Waals surface area contributed by atoms with Gasteiger partial charge in [-0.3, -0.25) is 0 Å². The van der Waals surface area contributed by atoms with Crippen molar-refractivity contribution >= 4 is 54.9 Å². The highest BCUT2D eigenvalue weighted by atomic mass is 32.1. The fourth-order valence-corrected chi connectivity index (χ4v) is 6.74. The minimum Gasteiger partial charge on any atom is -0.341 e. The second-order valence-electron chi connectivity index (χ2n) is 9.15. The van der Waals surface area contributed by atoms with Crippen LogP contribution in [-0.2, 0) is 13.1 Å². The van der Waals surface area contributed by atoms with Crippen molar-refractivity contribution in [2.45, 2.75) is 26.9 Å². The topological polar surface area (TPSA) is 9.86 Å². The van der Waals surface area contributed by atoms with Gasteiger partial charge in [-0.2, -0.15) is 0 Å². The zero-order valence-corrected chi connectivity index (χ0v) is 20.8. The quantitative estimate of drug-likeness (QED) is 0.242. The molecule has 0 radical (unpaired) electrons. The fraction of sp³-hybridized carbons (Fsp3) is 0.125. The Bertz CT molecular complexity index is 1740. The molecular weight excluding hydrogens is 444 g/mol. The van der Waals surface area contributed by atoms with Gasteiger partial charge in [0.15, 0.2) is 0 Å². The number of para-hydroxylation sites is 2. The Labute approximate surface area is 208 Å². The van der Waals surface area contributed by atoms with Gasteiger partial charge in [0.05, 0.1) is 0 Å². The van der Waals surface area contributed by atoms with Crippen molar-refractivity contribution in [3.8, 4) is 20.9 Å². The van der Waals surface area contributed by atoms with Crippen LogP contribution in [0.2, 0.25) is 0 Å². The van der Waals surface area contributed by atoms with E-state index in [9.17, 15) is 0 Å². The van der Waals surface area contributed by atoms with Crippen molar-refractivity contribution in [1.82, 2.24) is 9.13 Å². The summed E-state index contributed by atoms with van der Waals surface area (Å²) < 4.78 is 4.83. The van der Waals surface area contributed by atoms with E-state index in [0.29, 0.717) is 0 Å². The van der Waals surface area contributed by atoms with Crippen molar-refractivity contribution in [3.63, 3.8) is 0 Å². The Morgan fingerprint density at radius 2 is 0.914 bits per heavy atom. The molecule has 0 amide bonds. The van der Waals surface area contributed by atoms with E-state index in [4.69, 9.17) is 0 Å². The monoisotopic (exact) mass is 470 g/mol. The van der Waals surface area contributed by atoms with Crippen molar-refractivity contribution in [2.24, 2.45) is 0 Å². The van der Waals surface area contributed by atoms with Crippen LogP contribution in [-0.4, -0.2) is 9.13 Å². The molecule has 0 aliphatic heterocycles. The minimum absolute atomic E-state index is 0.976. The molecule has 4 aromatic carbocycles. The molecule has 0 spiro atoms. The van der Waals surface area contributed by atoms with Gasteiger partial charge < -0.3 is 9.13 Å². The predicted octanol–water partition coefficient (Wildman–Crippen LogP) is 9.34. The summed E-state index contributed by atoms with van der Waals surface area (Å²) in [5, 5.41) is 5.34. The summed E-state index contributed by atoms with van der Waals surface area (Å²) in [6.45, 7) is 6.40. The number of nitrogens with zero attached hydrogens (tertiary/aromatic N) is 2. The lowest BCUT2D eigenvalue weighted by atomic mass is 10.1. The number of benzene rings is 4. The summed E-state index contributed by atoms with van der Waals surface area (Å²) >= 11 is 1.88. The Balaban J connectivity index is 1.35. The van der Waals surface area contributed by atoms with E-state index in [1.807, 2.05) is 11.3 Å². The first-order valence-corrected chi connectivity index (χ1v) is 13.2. The van der Waals surface area contributed by atoms with Gasteiger partial charge in [-0.05, 0) is 73.5 Å². The first kappa shape index (κ1) is 20.5. The lowest BCUT2D eigenvalue weighted by Crippen LogP contribution is -1.92. The summed E-state index contributed by atoms with van der Waals surface area (Å²) in [4.78, 5) is 2.62.